The fraction of sp³-hybridized carbons (Fsp3) is 0.560. The molecule has 2 saturated heterocycles. The van der Waals surface area contributed by atoms with Gasteiger partial charge in [0.1, 0.15) is 11.2 Å². The highest BCUT2D eigenvalue weighted by atomic mass is 35.5. The van der Waals surface area contributed by atoms with Gasteiger partial charge in [0.15, 0.2) is 5.11 Å². The Labute approximate surface area is 252 Å². The van der Waals surface area contributed by atoms with Gasteiger partial charge in [-0.3, -0.25) is 29.2 Å². The lowest BCUT2D eigenvalue weighted by Gasteiger charge is -2.58. The van der Waals surface area contributed by atoms with Gasteiger partial charge in [-0.2, -0.15) is 0 Å². The van der Waals surface area contributed by atoms with E-state index in [0.29, 0.717) is 28.6 Å². The maximum atomic E-state index is 13.6. The predicted octanol–water partition coefficient (Wildman–Crippen LogP) is 1.12. The summed E-state index contributed by atoms with van der Waals surface area (Å²) in [5.74, 6) is -3.34. The van der Waals surface area contributed by atoms with E-state index in [1.54, 1.807) is 18.2 Å². The molecule has 2 aliphatic heterocycles. The molecule has 2 fully saturated rings. The highest BCUT2D eigenvalue weighted by Crippen LogP contribution is 2.42. The van der Waals surface area contributed by atoms with Crippen molar-refractivity contribution in [2.24, 2.45) is 17.1 Å². The molecule has 1 aromatic carbocycles. The number of piperazine rings is 1. The van der Waals surface area contributed by atoms with E-state index in [2.05, 4.69) is 16.2 Å². The second kappa shape index (κ2) is 13.0. The van der Waals surface area contributed by atoms with E-state index in [9.17, 15) is 34.5 Å². The van der Waals surface area contributed by atoms with Gasteiger partial charge in [-0.25, -0.2) is 10.2 Å². The molecule has 13 nitrogen and oxygen atoms in total. The first-order chi connectivity index (χ1) is 19.1. The quantitative estimate of drug-likeness (QED) is 0.0986. The fourth-order valence-electron chi connectivity index (χ4n) is 6.21. The van der Waals surface area contributed by atoms with Crippen molar-refractivity contribution in [1.29, 1.82) is 0 Å². The molecule has 16 heteroatoms. The topological polar surface area (TPSA) is 194 Å². The largest absolute Gasteiger partial charge is 0.481 e. The molecule has 226 valence electrons. The molecule has 4 atom stereocenters. The molecular formula is C25H35Cl2N6O7S+. The molecule has 41 heavy (non-hydrogen) atoms. The average Bonchev–Trinajstić information content (AvgIpc) is 3.31. The first-order valence-corrected chi connectivity index (χ1v) is 14.1. The van der Waals surface area contributed by atoms with Crippen LogP contribution in [0.15, 0.2) is 18.2 Å². The fourth-order valence-corrected chi connectivity index (χ4v) is 6.61. The summed E-state index contributed by atoms with van der Waals surface area (Å²) in [6.45, 7) is 1.86. The molecule has 2 aliphatic rings. The number of nitrogens with zero attached hydrogens (tertiary/aromatic N) is 2. The number of rotatable bonds is 12. The number of nitrogens with one attached hydrogen (secondary N) is 3. The van der Waals surface area contributed by atoms with Gasteiger partial charge in [0, 0.05) is 25.9 Å². The number of carbonyl (C=O) groups is 4. The third kappa shape index (κ3) is 7.19. The Morgan fingerprint density at radius 1 is 1.24 bits per heavy atom. The SMILES string of the molecule is C[C@@](CC(=O)O)(C[N+]1(C2(CNNC(N)=S)CNCCN2C(=O)O)CCC(C(=O)Cc2ccc(Cl)c(Cl)c2)C1)C(=O)O. The summed E-state index contributed by atoms with van der Waals surface area (Å²) >= 11 is 17.0. The lowest BCUT2D eigenvalue weighted by Crippen LogP contribution is -2.82. The number of likely N-dealkylation sites (tertiary alicyclic amines) is 1. The number of carboxylic acid groups (broad SMARTS) is 3. The minimum atomic E-state index is -1.78. The maximum Gasteiger partial charge on any atom is 0.412 e. The van der Waals surface area contributed by atoms with Crippen LogP contribution < -0.4 is 21.9 Å². The minimum absolute atomic E-state index is 0.0437. The number of thiocarbonyl (C=S) groups is 1. The highest BCUT2D eigenvalue weighted by molar-refractivity contribution is 7.80. The van der Waals surface area contributed by atoms with E-state index < -0.39 is 41.4 Å². The Balaban J connectivity index is 2.09. The van der Waals surface area contributed by atoms with Crippen LogP contribution in [0, 0.1) is 11.3 Å². The standard InChI is InChI=1S/C25H34Cl2N6O7S/c1-24(21(37)38,10-20(35)36)14-33(25(13-30-31-22(28)41)12-29-5-6-32(25)23(39)40)7-4-16(11-33)19(34)9-15-2-3-17(26)18(27)8-15/h2-3,8,16,29-30H,4-7,9-14H2,1H3,(H5-,28,31,35,36,37,38,39,40,41)/p+1/t16?,24-,25?,33?/m1/s1. The number of halogens is 2. The van der Waals surface area contributed by atoms with Crippen molar-refractivity contribution in [1.82, 2.24) is 21.1 Å². The van der Waals surface area contributed by atoms with E-state index in [1.807, 2.05) is 0 Å². The van der Waals surface area contributed by atoms with E-state index in [0.717, 1.165) is 0 Å². The molecule has 1 aromatic rings. The molecule has 3 unspecified atom stereocenters. The number of nitrogens with two attached hydrogens (primary N) is 1. The molecule has 3 rings (SSSR count). The second-order valence-corrected chi connectivity index (χ2v) is 12.2. The lowest BCUT2D eigenvalue weighted by molar-refractivity contribution is -0.980. The number of hydrogen-bond donors (Lipinski definition) is 7. The van der Waals surface area contributed by atoms with Gasteiger partial charge in [-0.1, -0.05) is 29.3 Å². The van der Waals surface area contributed by atoms with Crippen molar-refractivity contribution in [3.8, 4) is 0 Å². The van der Waals surface area contributed by atoms with Crippen LogP contribution >= 0.6 is 35.4 Å². The summed E-state index contributed by atoms with van der Waals surface area (Å²) in [5, 5.41) is 33.9. The van der Waals surface area contributed by atoms with Crippen molar-refractivity contribution >= 4 is 64.3 Å². The molecule has 0 aliphatic carbocycles. The Morgan fingerprint density at radius 3 is 2.54 bits per heavy atom. The normalized spacial score (nSPS) is 25.7. The smallest absolute Gasteiger partial charge is 0.412 e. The number of quaternary nitrogens is 1. The number of hydrogen-bond acceptors (Lipinski definition) is 7. The summed E-state index contributed by atoms with van der Waals surface area (Å²) in [4.78, 5) is 51.8. The Morgan fingerprint density at radius 2 is 1.95 bits per heavy atom. The van der Waals surface area contributed by atoms with Crippen LogP contribution in [0.5, 0.6) is 0 Å². The number of hydrazine groups is 1. The van der Waals surface area contributed by atoms with Crippen molar-refractivity contribution < 1.29 is 39.0 Å². The summed E-state index contributed by atoms with van der Waals surface area (Å²) in [7, 11) is 0. The molecular weight excluding hydrogens is 599 g/mol. The third-order valence-electron chi connectivity index (χ3n) is 8.12. The van der Waals surface area contributed by atoms with E-state index >= 15 is 0 Å². The highest BCUT2D eigenvalue weighted by Gasteiger charge is 2.63. The Bertz CT molecular complexity index is 1220. The molecule has 0 spiro atoms. The van der Waals surface area contributed by atoms with Gasteiger partial charge in [0.05, 0.1) is 55.1 Å². The van der Waals surface area contributed by atoms with Gasteiger partial charge in [0.2, 0.25) is 5.66 Å². The van der Waals surface area contributed by atoms with E-state index in [-0.39, 0.29) is 61.1 Å². The van der Waals surface area contributed by atoms with E-state index in [4.69, 9.17) is 41.2 Å². The Kier molecular flexibility index (Phi) is 10.4. The monoisotopic (exact) mass is 633 g/mol. The Hall–Kier alpha value is -2.75. The minimum Gasteiger partial charge on any atom is -0.481 e. The number of carboxylic acids is 2. The number of ketones is 1. The number of benzene rings is 1. The van der Waals surface area contributed by atoms with Crippen LogP contribution in [0.3, 0.4) is 0 Å². The van der Waals surface area contributed by atoms with Gasteiger partial charge >= 0.3 is 18.0 Å². The number of carbonyl (C=O) groups excluding carboxylic acids is 1. The van der Waals surface area contributed by atoms with Crippen molar-refractivity contribution in [3.05, 3.63) is 33.8 Å². The van der Waals surface area contributed by atoms with Crippen LogP contribution in [-0.4, -0.2) is 105 Å². The molecule has 0 radical (unpaired) electrons. The zero-order chi connectivity index (χ0) is 30.6. The predicted molar refractivity (Wildman–Crippen MR) is 154 cm³/mol. The summed E-state index contributed by atoms with van der Waals surface area (Å²) < 4.78 is -0.174. The molecule has 0 bridgehead atoms. The van der Waals surface area contributed by atoms with Crippen LogP contribution in [0.1, 0.15) is 25.3 Å². The zero-order valence-electron chi connectivity index (χ0n) is 22.5. The van der Waals surface area contributed by atoms with Gasteiger partial charge < -0.3 is 26.4 Å². The van der Waals surface area contributed by atoms with Crippen LogP contribution in [0.25, 0.3) is 0 Å². The van der Waals surface area contributed by atoms with Crippen molar-refractivity contribution in [3.63, 3.8) is 0 Å². The number of amides is 1. The maximum absolute atomic E-state index is 13.6. The van der Waals surface area contributed by atoms with Gasteiger partial charge in [-0.15, -0.1) is 0 Å². The van der Waals surface area contributed by atoms with Crippen LogP contribution in [0.2, 0.25) is 10.0 Å². The summed E-state index contributed by atoms with van der Waals surface area (Å²) in [5.41, 5.74) is 8.60. The van der Waals surface area contributed by atoms with Crippen LogP contribution in [-0.2, 0) is 20.8 Å². The van der Waals surface area contributed by atoms with Crippen molar-refractivity contribution in [2.75, 3.05) is 45.8 Å². The molecule has 1 amide bonds. The lowest BCUT2D eigenvalue weighted by atomic mass is 9.83. The molecule has 0 aromatic heterocycles. The van der Waals surface area contributed by atoms with Crippen molar-refractivity contribution in [2.45, 2.75) is 31.8 Å². The van der Waals surface area contributed by atoms with Crippen LogP contribution in [0.4, 0.5) is 4.79 Å². The average molecular weight is 635 g/mol. The summed E-state index contributed by atoms with van der Waals surface area (Å²) in [6, 6.07) is 4.90. The first-order valence-electron chi connectivity index (χ1n) is 12.9. The third-order valence-corrected chi connectivity index (χ3v) is 8.96. The van der Waals surface area contributed by atoms with Gasteiger partial charge in [0.25, 0.3) is 0 Å². The number of Topliss-reactive ketones (excluding diaryl/α,β-unsaturated/α-hetero) is 1. The second-order valence-electron chi connectivity index (χ2n) is 11.0. The molecule has 2 heterocycles. The first kappa shape index (κ1) is 32.8. The molecule has 0 saturated carbocycles. The van der Waals surface area contributed by atoms with Gasteiger partial charge in [-0.05, 0) is 36.8 Å². The zero-order valence-corrected chi connectivity index (χ0v) is 24.8. The van der Waals surface area contributed by atoms with E-state index in [1.165, 1.54) is 11.8 Å². The molecule has 8 N–H and O–H groups in total. The summed E-state index contributed by atoms with van der Waals surface area (Å²) in [6.07, 6.45) is -1.55. The number of aliphatic carboxylic acids is 2.